The van der Waals surface area contributed by atoms with Crippen LogP contribution < -0.4 is 10.2 Å². The first kappa shape index (κ1) is 15.0. The Kier molecular flexibility index (Phi) is 4.48. The molecule has 1 aliphatic rings. The molecule has 3 rings (SSSR count). The van der Waals surface area contributed by atoms with Crippen LogP contribution in [0.3, 0.4) is 0 Å². The molecule has 6 nitrogen and oxygen atoms in total. The van der Waals surface area contributed by atoms with Gasteiger partial charge < -0.3 is 10.2 Å². The van der Waals surface area contributed by atoms with Crippen LogP contribution in [-0.4, -0.2) is 29.0 Å². The number of nitrogens with one attached hydrogen (secondary N) is 1. The van der Waals surface area contributed by atoms with Crippen molar-refractivity contribution in [2.75, 3.05) is 23.3 Å². The van der Waals surface area contributed by atoms with E-state index in [0.29, 0.717) is 22.8 Å². The average molecular weight is 307 g/mol. The Hall–Kier alpha value is -2.94. The van der Waals surface area contributed by atoms with Gasteiger partial charge >= 0.3 is 0 Å². The third-order valence-electron chi connectivity index (χ3n) is 3.79. The summed E-state index contributed by atoms with van der Waals surface area (Å²) in [7, 11) is 0. The number of hydrogen-bond donors (Lipinski definition) is 1. The number of carbonyl (C=O) groups excluding carboxylic acids is 1. The van der Waals surface area contributed by atoms with Crippen molar-refractivity contribution < 1.29 is 4.79 Å². The molecule has 116 valence electrons. The Morgan fingerprint density at radius 2 is 1.91 bits per heavy atom. The molecule has 1 aliphatic heterocycles. The van der Waals surface area contributed by atoms with Crippen LogP contribution in [0.2, 0.25) is 0 Å². The second kappa shape index (κ2) is 6.88. The maximum atomic E-state index is 12.2. The minimum atomic E-state index is -0.281. The molecular weight excluding hydrogens is 290 g/mol. The van der Waals surface area contributed by atoms with Crippen molar-refractivity contribution >= 4 is 17.5 Å². The Morgan fingerprint density at radius 3 is 2.61 bits per heavy atom. The summed E-state index contributed by atoms with van der Waals surface area (Å²) >= 11 is 0. The lowest BCUT2D eigenvalue weighted by Gasteiger charge is -2.26. The molecular formula is C17H17N5O. The van der Waals surface area contributed by atoms with Gasteiger partial charge in [-0.3, -0.25) is 4.79 Å². The van der Waals surface area contributed by atoms with E-state index in [1.54, 1.807) is 36.7 Å². The minimum Gasteiger partial charge on any atom is -0.341 e. The number of rotatable bonds is 3. The molecule has 0 unspecified atom stereocenters. The minimum absolute atomic E-state index is 0.281. The first-order valence-electron chi connectivity index (χ1n) is 7.65. The van der Waals surface area contributed by atoms with E-state index in [1.165, 1.54) is 6.42 Å². The molecule has 6 heteroatoms. The van der Waals surface area contributed by atoms with Crippen LogP contribution in [0.15, 0.2) is 36.7 Å². The molecule has 0 saturated carbocycles. The highest BCUT2D eigenvalue weighted by molar-refractivity contribution is 6.04. The van der Waals surface area contributed by atoms with Crippen molar-refractivity contribution in [3.05, 3.63) is 47.8 Å². The molecule has 1 saturated heterocycles. The van der Waals surface area contributed by atoms with E-state index in [-0.39, 0.29) is 5.91 Å². The molecule has 2 heterocycles. The normalized spacial score (nSPS) is 14.1. The number of piperidine rings is 1. The van der Waals surface area contributed by atoms with Gasteiger partial charge in [0.05, 0.1) is 29.7 Å². The van der Waals surface area contributed by atoms with E-state index in [2.05, 4.69) is 20.2 Å². The molecule has 1 N–H and O–H groups in total. The molecule has 1 amide bonds. The van der Waals surface area contributed by atoms with Crippen LogP contribution in [0, 0.1) is 11.3 Å². The summed E-state index contributed by atoms with van der Waals surface area (Å²) in [6.45, 7) is 1.96. The van der Waals surface area contributed by atoms with Crippen LogP contribution >= 0.6 is 0 Å². The van der Waals surface area contributed by atoms with E-state index in [9.17, 15) is 4.79 Å². The van der Waals surface area contributed by atoms with Gasteiger partial charge in [-0.1, -0.05) is 6.07 Å². The van der Waals surface area contributed by atoms with Crippen molar-refractivity contribution in [3.8, 4) is 6.07 Å². The number of amides is 1. The molecule has 0 spiro atoms. The topological polar surface area (TPSA) is 81.9 Å². The second-order valence-corrected chi connectivity index (χ2v) is 5.47. The molecule has 0 bridgehead atoms. The molecule has 1 fully saturated rings. The average Bonchev–Trinajstić information content (AvgIpc) is 2.63. The maximum absolute atomic E-state index is 12.2. The van der Waals surface area contributed by atoms with Gasteiger partial charge in [0, 0.05) is 18.7 Å². The summed E-state index contributed by atoms with van der Waals surface area (Å²) in [6, 6.07) is 8.58. The molecule has 1 aromatic carbocycles. The number of aromatic nitrogens is 2. The third-order valence-corrected chi connectivity index (χ3v) is 3.79. The van der Waals surface area contributed by atoms with E-state index in [1.807, 2.05) is 6.07 Å². The van der Waals surface area contributed by atoms with Gasteiger partial charge in [-0.05, 0) is 37.5 Å². The number of anilines is 2. The number of hydrogen-bond acceptors (Lipinski definition) is 5. The zero-order valence-electron chi connectivity index (χ0n) is 12.7. The summed E-state index contributed by atoms with van der Waals surface area (Å²) < 4.78 is 0. The standard InChI is InChI=1S/C17H17N5O/c18-10-13-5-4-6-14(9-13)16(23)21-15-11-19-17(20-12-15)22-7-2-1-3-8-22/h4-6,9,11-12H,1-3,7-8H2,(H,21,23). The van der Waals surface area contributed by atoms with Crippen LogP contribution in [0.5, 0.6) is 0 Å². The Balaban J connectivity index is 1.67. The first-order valence-corrected chi connectivity index (χ1v) is 7.65. The predicted octanol–water partition coefficient (Wildman–Crippen LogP) is 2.59. The number of carbonyl (C=O) groups is 1. The second-order valence-electron chi connectivity index (χ2n) is 5.47. The molecule has 23 heavy (non-hydrogen) atoms. The number of benzene rings is 1. The molecule has 1 aromatic heterocycles. The van der Waals surface area contributed by atoms with Crippen LogP contribution in [0.4, 0.5) is 11.6 Å². The van der Waals surface area contributed by atoms with Crippen molar-refractivity contribution in [2.45, 2.75) is 19.3 Å². The van der Waals surface area contributed by atoms with Crippen LogP contribution in [-0.2, 0) is 0 Å². The van der Waals surface area contributed by atoms with Crippen molar-refractivity contribution in [1.82, 2.24) is 9.97 Å². The van der Waals surface area contributed by atoms with Crippen molar-refractivity contribution in [3.63, 3.8) is 0 Å². The largest absolute Gasteiger partial charge is 0.341 e. The van der Waals surface area contributed by atoms with Gasteiger partial charge in [0.25, 0.3) is 5.91 Å². The summed E-state index contributed by atoms with van der Waals surface area (Å²) in [5.41, 5.74) is 1.43. The number of nitrogens with zero attached hydrogens (tertiary/aromatic N) is 4. The van der Waals surface area contributed by atoms with Gasteiger partial charge in [0.2, 0.25) is 5.95 Å². The zero-order chi connectivity index (χ0) is 16.1. The van der Waals surface area contributed by atoms with E-state index in [0.717, 1.165) is 25.9 Å². The highest BCUT2D eigenvalue weighted by Crippen LogP contribution is 2.16. The zero-order valence-corrected chi connectivity index (χ0v) is 12.7. The summed E-state index contributed by atoms with van der Waals surface area (Å²) in [5.74, 6) is 0.422. The van der Waals surface area contributed by atoms with E-state index < -0.39 is 0 Å². The van der Waals surface area contributed by atoms with Gasteiger partial charge in [-0.25, -0.2) is 9.97 Å². The lowest BCUT2D eigenvalue weighted by Crippen LogP contribution is -2.30. The summed E-state index contributed by atoms with van der Waals surface area (Å²) in [6.07, 6.45) is 6.81. The van der Waals surface area contributed by atoms with Crippen LogP contribution in [0.25, 0.3) is 0 Å². The summed E-state index contributed by atoms with van der Waals surface area (Å²) in [5, 5.41) is 11.6. The van der Waals surface area contributed by atoms with E-state index >= 15 is 0 Å². The van der Waals surface area contributed by atoms with Gasteiger partial charge in [-0.2, -0.15) is 5.26 Å². The molecule has 0 radical (unpaired) electrons. The Bertz CT molecular complexity index is 729. The fourth-order valence-electron chi connectivity index (χ4n) is 2.58. The SMILES string of the molecule is N#Cc1cccc(C(=O)Nc2cnc(N3CCCCC3)nc2)c1. The third kappa shape index (κ3) is 3.64. The highest BCUT2D eigenvalue weighted by Gasteiger charge is 2.13. The smallest absolute Gasteiger partial charge is 0.255 e. The summed E-state index contributed by atoms with van der Waals surface area (Å²) in [4.78, 5) is 23.0. The maximum Gasteiger partial charge on any atom is 0.255 e. The lowest BCUT2D eigenvalue weighted by atomic mass is 10.1. The Labute approximate surface area is 134 Å². The van der Waals surface area contributed by atoms with Crippen molar-refractivity contribution in [1.29, 1.82) is 5.26 Å². The quantitative estimate of drug-likeness (QED) is 0.942. The van der Waals surface area contributed by atoms with Gasteiger partial charge in [-0.15, -0.1) is 0 Å². The Morgan fingerprint density at radius 1 is 1.17 bits per heavy atom. The van der Waals surface area contributed by atoms with Crippen molar-refractivity contribution in [2.24, 2.45) is 0 Å². The predicted molar refractivity (Wildman–Crippen MR) is 87.2 cm³/mol. The van der Waals surface area contributed by atoms with Gasteiger partial charge in [0.1, 0.15) is 0 Å². The first-order chi connectivity index (χ1) is 11.3. The lowest BCUT2D eigenvalue weighted by molar-refractivity contribution is 0.102. The molecule has 0 aliphatic carbocycles. The molecule has 0 atom stereocenters. The highest BCUT2D eigenvalue weighted by atomic mass is 16.1. The van der Waals surface area contributed by atoms with E-state index in [4.69, 9.17) is 5.26 Å². The van der Waals surface area contributed by atoms with Gasteiger partial charge in [0.15, 0.2) is 0 Å². The number of nitriles is 1. The fourth-order valence-corrected chi connectivity index (χ4v) is 2.58. The van der Waals surface area contributed by atoms with Crippen LogP contribution in [0.1, 0.15) is 35.2 Å². The fraction of sp³-hybridized carbons (Fsp3) is 0.294. The molecule has 2 aromatic rings. The monoisotopic (exact) mass is 307 g/mol.